The number of nitrogens with zero attached hydrogens (tertiary/aromatic N) is 2. The second-order valence-corrected chi connectivity index (χ2v) is 5.16. The van der Waals surface area contributed by atoms with Gasteiger partial charge in [0.05, 0.1) is 28.6 Å². The zero-order valence-corrected chi connectivity index (χ0v) is 11.0. The Labute approximate surface area is 106 Å². The highest BCUT2D eigenvalue weighted by molar-refractivity contribution is 6.31. The molecule has 96 valence electrons. The summed E-state index contributed by atoms with van der Waals surface area (Å²) in [5, 5.41) is 24.7. The van der Waals surface area contributed by atoms with Gasteiger partial charge in [0.25, 0.3) is 0 Å². The van der Waals surface area contributed by atoms with Crippen molar-refractivity contribution in [3.63, 3.8) is 0 Å². The standard InChI is InChI=1S/C12H19ClN2O2/c1-3-8-11(13)9(15(2)14-8)6-10(16)12(17)7-4-5-7/h7,10,12,16-17H,3-6H2,1-2H3. The highest BCUT2D eigenvalue weighted by Crippen LogP contribution is 2.35. The molecule has 2 rings (SSSR count). The lowest BCUT2D eigenvalue weighted by molar-refractivity contribution is 0.00579. The number of hydrogen-bond acceptors (Lipinski definition) is 3. The molecular weight excluding hydrogens is 240 g/mol. The van der Waals surface area contributed by atoms with E-state index < -0.39 is 12.2 Å². The zero-order chi connectivity index (χ0) is 12.6. The van der Waals surface area contributed by atoms with Crippen LogP contribution in [0.3, 0.4) is 0 Å². The van der Waals surface area contributed by atoms with Crippen molar-refractivity contribution < 1.29 is 10.2 Å². The maximum atomic E-state index is 9.96. The topological polar surface area (TPSA) is 58.3 Å². The number of halogens is 1. The van der Waals surface area contributed by atoms with Gasteiger partial charge in [0.2, 0.25) is 0 Å². The zero-order valence-electron chi connectivity index (χ0n) is 10.2. The molecule has 0 aromatic carbocycles. The van der Waals surface area contributed by atoms with E-state index in [1.807, 2.05) is 14.0 Å². The molecule has 0 saturated heterocycles. The van der Waals surface area contributed by atoms with Crippen LogP contribution < -0.4 is 0 Å². The Morgan fingerprint density at radius 2 is 2.12 bits per heavy atom. The van der Waals surface area contributed by atoms with E-state index in [9.17, 15) is 10.2 Å². The predicted octanol–water partition coefficient (Wildman–Crippen LogP) is 1.31. The first-order valence-corrected chi connectivity index (χ1v) is 6.48. The van der Waals surface area contributed by atoms with Gasteiger partial charge in [0.15, 0.2) is 0 Å². The summed E-state index contributed by atoms with van der Waals surface area (Å²) in [7, 11) is 1.82. The average Bonchev–Trinajstić information content (AvgIpc) is 3.10. The molecule has 2 atom stereocenters. The Bertz CT molecular complexity index is 401. The number of aliphatic hydroxyl groups is 2. The first-order chi connectivity index (χ1) is 8.04. The van der Waals surface area contributed by atoms with E-state index >= 15 is 0 Å². The fraction of sp³-hybridized carbons (Fsp3) is 0.750. The summed E-state index contributed by atoms with van der Waals surface area (Å²) >= 11 is 6.20. The SMILES string of the molecule is CCc1nn(C)c(CC(O)C(O)C2CC2)c1Cl. The maximum Gasteiger partial charge on any atom is 0.0857 e. The van der Waals surface area contributed by atoms with Gasteiger partial charge in [-0.1, -0.05) is 18.5 Å². The van der Waals surface area contributed by atoms with Crippen LogP contribution >= 0.6 is 11.6 Å². The van der Waals surface area contributed by atoms with Crippen LogP contribution in [0.5, 0.6) is 0 Å². The van der Waals surface area contributed by atoms with Crippen molar-refractivity contribution in [3.05, 3.63) is 16.4 Å². The lowest BCUT2D eigenvalue weighted by Crippen LogP contribution is -2.30. The predicted molar refractivity (Wildman–Crippen MR) is 66.0 cm³/mol. The van der Waals surface area contributed by atoms with Crippen LogP contribution in [0.2, 0.25) is 5.02 Å². The molecule has 17 heavy (non-hydrogen) atoms. The molecule has 1 aliphatic carbocycles. The van der Waals surface area contributed by atoms with Crippen molar-refractivity contribution >= 4 is 11.6 Å². The fourth-order valence-corrected chi connectivity index (χ4v) is 2.48. The quantitative estimate of drug-likeness (QED) is 0.837. The molecule has 0 amide bonds. The van der Waals surface area contributed by atoms with Gasteiger partial charge in [0, 0.05) is 13.5 Å². The summed E-state index contributed by atoms with van der Waals surface area (Å²) in [6.07, 6.45) is 1.77. The summed E-state index contributed by atoms with van der Waals surface area (Å²) in [6, 6.07) is 0. The molecule has 5 heteroatoms. The van der Waals surface area contributed by atoms with Crippen LogP contribution in [-0.4, -0.2) is 32.2 Å². The lowest BCUT2D eigenvalue weighted by Gasteiger charge is -2.17. The van der Waals surface area contributed by atoms with Gasteiger partial charge in [-0.2, -0.15) is 5.10 Å². The molecule has 0 radical (unpaired) electrons. The van der Waals surface area contributed by atoms with Crippen LogP contribution in [0, 0.1) is 5.92 Å². The van der Waals surface area contributed by atoms with Gasteiger partial charge < -0.3 is 10.2 Å². The molecule has 2 N–H and O–H groups in total. The van der Waals surface area contributed by atoms with E-state index in [1.54, 1.807) is 4.68 Å². The summed E-state index contributed by atoms with van der Waals surface area (Å²) in [4.78, 5) is 0. The van der Waals surface area contributed by atoms with E-state index in [-0.39, 0.29) is 5.92 Å². The number of aliphatic hydroxyl groups excluding tert-OH is 2. The Morgan fingerprint density at radius 3 is 2.59 bits per heavy atom. The molecule has 1 aromatic heterocycles. The summed E-state index contributed by atoms with van der Waals surface area (Å²) < 4.78 is 1.70. The monoisotopic (exact) mass is 258 g/mol. The van der Waals surface area contributed by atoms with Crippen LogP contribution in [0.25, 0.3) is 0 Å². The second-order valence-electron chi connectivity index (χ2n) is 4.78. The molecule has 0 aliphatic heterocycles. The molecular formula is C12H19ClN2O2. The Morgan fingerprint density at radius 1 is 1.47 bits per heavy atom. The number of hydrogen-bond donors (Lipinski definition) is 2. The third-order valence-corrected chi connectivity index (χ3v) is 3.84. The summed E-state index contributed by atoms with van der Waals surface area (Å²) in [6.45, 7) is 1.99. The van der Waals surface area contributed by atoms with E-state index in [1.165, 1.54) is 0 Å². The Balaban J connectivity index is 2.09. The van der Waals surface area contributed by atoms with Gasteiger partial charge in [-0.05, 0) is 25.2 Å². The fourth-order valence-electron chi connectivity index (χ4n) is 2.11. The van der Waals surface area contributed by atoms with Gasteiger partial charge in [-0.3, -0.25) is 4.68 Å². The van der Waals surface area contributed by atoms with Crippen LogP contribution in [0.4, 0.5) is 0 Å². The molecule has 1 aliphatic rings. The first-order valence-electron chi connectivity index (χ1n) is 6.11. The molecule has 4 nitrogen and oxygen atoms in total. The second kappa shape index (κ2) is 4.96. The van der Waals surface area contributed by atoms with Crippen LogP contribution in [0.15, 0.2) is 0 Å². The maximum absolute atomic E-state index is 9.96. The van der Waals surface area contributed by atoms with Crippen molar-refractivity contribution in [1.82, 2.24) is 9.78 Å². The largest absolute Gasteiger partial charge is 0.390 e. The minimum absolute atomic E-state index is 0.266. The first kappa shape index (κ1) is 12.9. The highest BCUT2D eigenvalue weighted by Gasteiger charge is 2.35. The molecule has 1 aromatic rings. The summed E-state index contributed by atoms with van der Waals surface area (Å²) in [5.74, 6) is 0.266. The van der Waals surface area contributed by atoms with E-state index in [4.69, 9.17) is 11.6 Å². The molecule has 0 bridgehead atoms. The minimum Gasteiger partial charge on any atom is -0.390 e. The van der Waals surface area contributed by atoms with Crippen molar-refractivity contribution in [2.45, 2.75) is 44.8 Å². The van der Waals surface area contributed by atoms with E-state index in [0.717, 1.165) is 30.7 Å². The smallest absolute Gasteiger partial charge is 0.0857 e. The van der Waals surface area contributed by atoms with E-state index in [2.05, 4.69) is 5.10 Å². The Hall–Kier alpha value is -0.580. The highest BCUT2D eigenvalue weighted by atomic mass is 35.5. The number of aryl methyl sites for hydroxylation is 2. The normalized spacial score (nSPS) is 19.4. The molecule has 2 unspecified atom stereocenters. The van der Waals surface area contributed by atoms with Gasteiger partial charge in [-0.25, -0.2) is 0 Å². The average molecular weight is 259 g/mol. The van der Waals surface area contributed by atoms with Gasteiger partial charge in [0.1, 0.15) is 0 Å². The van der Waals surface area contributed by atoms with Gasteiger partial charge >= 0.3 is 0 Å². The number of rotatable bonds is 5. The third kappa shape index (κ3) is 2.64. The molecule has 0 spiro atoms. The third-order valence-electron chi connectivity index (χ3n) is 3.40. The number of aromatic nitrogens is 2. The van der Waals surface area contributed by atoms with Crippen molar-refractivity contribution in [2.24, 2.45) is 13.0 Å². The lowest BCUT2D eigenvalue weighted by atomic mass is 10.0. The van der Waals surface area contributed by atoms with Gasteiger partial charge in [-0.15, -0.1) is 0 Å². The minimum atomic E-state index is -0.750. The molecule has 1 saturated carbocycles. The van der Waals surface area contributed by atoms with Crippen LogP contribution in [-0.2, 0) is 19.9 Å². The molecule has 1 heterocycles. The summed E-state index contributed by atoms with van der Waals surface area (Å²) in [5.41, 5.74) is 1.65. The van der Waals surface area contributed by atoms with Crippen molar-refractivity contribution in [3.8, 4) is 0 Å². The molecule has 1 fully saturated rings. The van der Waals surface area contributed by atoms with Crippen LogP contribution in [0.1, 0.15) is 31.2 Å². The van der Waals surface area contributed by atoms with Crippen molar-refractivity contribution in [2.75, 3.05) is 0 Å². The van der Waals surface area contributed by atoms with Crippen molar-refractivity contribution in [1.29, 1.82) is 0 Å². The van der Waals surface area contributed by atoms with E-state index in [0.29, 0.717) is 11.4 Å². The Kier molecular flexibility index (Phi) is 3.76.